The summed E-state index contributed by atoms with van der Waals surface area (Å²) in [6.07, 6.45) is 2.20. The highest BCUT2D eigenvalue weighted by molar-refractivity contribution is 5.67. The van der Waals surface area contributed by atoms with Crippen molar-refractivity contribution >= 4 is 6.09 Å². The normalized spacial score (nSPS) is 10.3. The van der Waals surface area contributed by atoms with Crippen molar-refractivity contribution in [1.82, 2.24) is 5.32 Å². The largest absolute Gasteiger partial charge is 0.494 e. The Morgan fingerprint density at radius 1 is 0.960 bits per heavy atom. The van der Waals surface area contributed by atoms with E-state index >= 15 is 0 Å². The number of ether oxygens (including phenoxy) is 2. The highest BCUT2D eigenvalue weighted by atomic mass is 16.5. The first kappa shape index (κ1) is 18.8. The van der Waals surface area contributed by atoms with E-state index in [4.69, 9.17) is 15.2 Å². The van der Waals surface area contributed by atoms with Gasteiger partial charge in [0.2, 0.25) is 0 Å². The molecular weight excluding hydrogens is 316 g/mol. The van der Waals surface area contributed by atoms with Gasteiger partial charge in [-0.2, -0.15) is 0 Å². The summed E-state index contributed by atoms with van der Waals surface area (Å²) in [5, 5.41) is 2.74. The van der Waals surface area contributed by atoms with E-state index in [2.05, 4.69) is 5.32 Å². The van der Waals surface area contributed by atoms with Crippen LogP contribution in [0.5, 0.6) is 5.75 Å². The number of carbonyl (C=O) groups is 1. The lowest BCUT2D eigenvalue weighted by atomic mass is 10.1. The van der Waals surface area contributed by atoms with Gasteiger partial charge < -0.3 is 20.5 Å². The summed E-state index contributed by atoms with van der Waals surface area (Å²) < 4.78 is 10.8. The van der Waals surface area contributed by atoms with Gasteiger partial charge in [0.1, 0.15) is 12.4 Å². The molecule has 0 radical (unpaired) electrons. The lowest BCUT2D eigenvalue weighted by molar-refractivity contribution is 0.139. The molecule has 0 spiro atoms. The molecule has 0 atom stereocenters. The first-order chi connectivity index (χ1) is 12.3. The summed E-state index contributed by atoms with van der Waals surface area (Å²) >= 11 is 0. The van der Waals surface area contributed by atoms with Gasteiger partial charge >= 0.3 is 6.09 Å². The molecule has 2 aromatic rings. The Morgan fingerprint density at radius 3 is 2.44 bits per heavy atom. The molecule has 0 saturated carbocycles. The van der Waals surface area contributed by atoms with Crippen LogP contribution in [0.3, 0.4) is 0 Å². The van der Waals surface area contributed by atoms with Crippen LogP contribution in [-0.2, 0) is 17.8 Å². The van der Waals surface area contributed by atoms with Crippen LogP contribution in [0, 0.1) is 0 Å². The summed E-state index contributed by atoms with van der Waals surface area (Å²) in [4.78, 5) is 11.6. The first-order valence-electron chi connectivity index (χ1n) is 8.64. The number of hydrogen-bond acceptors (Lipinski definition) is 4. The summed E-state index contributed by atoms with van der Waals surface area (Å²) in [5.74, 6) is 0.857. The van der Waals surface area contributed by atoms with Crippen LogP contribution in [0.15, 0.2) is 54.6 Å². The Balaban J connectivity index is 1.50. The van der Waals surface area contributed by atoms with Crippen molar-refractivity contribution in [2.75, 3.05) is 19.7 Å². The van der Waals surface area contributed by atoms with Gasteiger partial charge in [0.25, 0.3) is 0 Å². The van der Waals surface area contributed by atoms with E-state index in [-0.39, 0.29) is 12.7 Å². The summed E-state index contributed by atoms with van der Waals surface area (Å²) in [7, 11) is 0. The molecule has 1 amide bonds. The van der Waals surface area contributed by atoms with Gasteiger partial charge in [-0.05, 0) is 49.1 Å². The summed E-state index contributed by atoms with van der Waals surface area (Å²) in [6, 6.07) is 17.6. The number of alkyl carbamates (subject to hydrolysis) is 1. The standard InChI is InChI=1S/C20H26N2O3/c21-13-12-17-8-10-19(11-9-17)24-15-5-4-14-22-20(23)25-16-18-6-2-1-3-7-18/h1-3,6-11H,4-5,12-16,21H2,(H,22,23). The van der Waals surface area contributed by atoms with Crippen LogP contribution in [0.1, 0.15) is 24.0 Å². The summed E-state index contributed by atoms with van der Waals surface area (Å²) in [5.41, 5.74) is 7.72. The highest BCUT2D eigenvalue weighted by Gasteiger charge is 2.02. The van der Waals surface area contributed by atoms with E-state index in [1.165, 1.54) is 5.56 Å². The van der Waals surface area contributed by atoms with Crippen LogP contribution in [0.25, 0.3) is 0 Å². The third-order valence-corrected chi connectivity index (χ3v) is 3.68. The Kier molecular flexibility index (Phi) is 8.35. The smallest absolute Gasteiger partial charge is 0.407 e. The maximum absolute atomic E-state index is 11.6. The fraction of sp³-hybridized carbons (Fsp3) is 0.350. The molecule has 0 fully saturated rings. The van der Waals surface area contributed by atoms with E-state index in [0.29, 0.717) is 19.7 Å². The zero-order chi connectivity index (χ0) is 17.7. The van der Waals surface area contributed by atoms with Crippen molar-refractivity contribution in [3.63, 3.8) is 0 Å². The second kappa shape index (κ2) is 11.1. The SMILES string of the molecule is NCCc1ccc(OCCCCNC(=O)OCc2ccccc2)cc1. The molecule has 0 aromatic heterocycles. The van der Waals surface area contributed by atoms with Crippen molar-refractivity contribution in [2.45, 2.75) is 25.9 Å². The average Bonchev–Trinajstić information content (AvgIpc) is 2.65. The Hall–Kier alpha value is -2.53. The van der Waals surface area contributed by atoms with Gasteiger partial charge in [-0.25, -0.2) is 4.79 Å². The molecule has 0 aliphatic rings. The zero-order valence-electron chi connectivity index (χ0n) is 14.4. The van der Waals surface area contributed by atoms with Crippen molar-refractivity contribution < 1.29 is 14.3 Å². The van der Waals surface area contributed by atoms with E-state index in [9.17, 15) is 4.79 Å². The van der Waals surface area contributed by atoms with Crippen molar-refractivity contribution in [3.05, 3.63) is 65.7 Å². The predicted molar refractivity (Wildman–Crippen MR) is 98.6 cm³/mol. The molecule has 0 aliphatic carbocycles. The maximum atomic E-state index is 11.6. The average molecular weight is 342 g/mol. The minimum Gasteiger partial charge on any atom is -0.494 e. The molecule has 0 bridgehead atoms. The number of hydrogen-bond donors (Lipinski definition) is 2. The Morgan fingerprint density at radius 2 is 1.72 bits per heavy atom. The Labute approximate surface area is 149 Å². The molecule has 134 valence electrons. The number of amides is 1. The number of rotatable bonds is 10. The molecule has 2 rings (SSSR count). The van der Waals surface area contributed by atoms with Crippen LogP contribution < -0.4 is 15.8 Å². The van der Waals surface area contributed by atoms with E-state index in [1.54, 1.807) is 0 Å². The lowest BCUT2D eigenvalue weighted by Gasteiger charge is -2.08. The first-order valence-corrected chi connectivity index (χ1v) is 8.64. The van der Waals surface area contributed by atoms with Crippen molar-refractivity contribution in [3.8, 4) is 5.75 Å². The Bertz CT molecular complexity index is 615. The van der Waals surface area contributed by atoms with Gasteiger partial charge in [0.05, 0.1) is 6.61 Å². The van der Waals surface area contributed by atoms with E-state index in [1.807, 2.05) is 54.6 Å². The number of nitrogens with one attached hydrogen (secondary N) is 1. The monoisotopic (exact) mass is 342 g/mol. The van der Waals surface area contributed by atoms with Gasteiger partial charge in [0, 0.05) is 6.54 Å². The van der Waals surface area contributed by atoms with Gasteiger partial charge in [0.15, 0.2) is 0 Å². The lowest BCUT2D eigenvalue weighted by Crippen LogP contribution is -2.25. The second-order valence-electron chi connectivity index (χ2n) is 5.73. The fourth-order valence-electron chi connectivity index (χ4n) is 2.30. The van der Waals surface area contributed by atoms with Gasteiger partial charge in [-0.1, -0.05) is 42.5 Å². The minimum absolute atomic E-state index is 0.288. The van der Waals surface area contributed by atoms with Crippen LogP contribution in [0.4, 0.5) is 4.79 Å². The zero-order valence-corrected chi connectivity index (χ0v) is 14.4. The minimum atomic E-state index is -0.389. The highest BCUT2D eigenvalue weighted by Crippen LogP contribution is 2.12. The van der Waals surface area contributed by atoms with Crippen LogP contribution >= 0.6 is 0 Å². The van der Waals surface area contributed by atoms with Crippen LogP contribution in [-0.4, -0.2) is 25.8 Å². The third-order valence-electron chi connectivity index (χ3n) is 3.68. The van der Waals surface area contributed by atoms with E-state index in [0.717, 1.165) is 30.6 Å². The topological polar surface area (TPSA) is 73.6 Å². The molecule has 2 aromatic carbocycles. The number of benzene rings is 2. The third kappa shape index (κ3) is 7.72. The molecule has 0 heterocycles. The molecule has 0 saturated heterocycles. The number of unbranched alkanes of at least 4 members (excludes halogenated alkanes) is 1. The number of nitrogens with two attached hydrogens (primary N) is 1. The molecule has 25 heavy (non-hydrogen) atoms. The van der Waals surface area contributed by atoms with Crippen molar-refractivity contribution in [2.24, 2.45) is 5.73 Å². The predicted octanol–water partition coefficient (Wildman–Crippen LogP) is 3.27. The van der Waals surface area contributed by atoms with Crippen molar-refractivity contribution in [1.29, 1.82) is 0 Å². The fourth-order valence-corrected chi connectivity index (χ4v) is 2.30. The van der Waals surface area contributed by atoms with E-state index < -0.39 is 0 Å². The van der Waals surface area contributed by atoms with Crippen LogP contribution in [0.2, 0.25) is 0 Å². The molecule has 3 N–H and O–H groups in total. The molecule has 0 aliphatic heterocycles. The van der Waals surface area contributed by atoms with Gasteiger partial charge in [-0.3, -0.25) is 0 Å². The maximum Gasteiger partial charge on any atom is 0.407 e. The molecule has 5 nitrogen and oxygen atoms in total. The summed E-state index contributed by atoms with van der Waals surface area (Å²) in [6.45, 7) is 2.14. The molecule has 5 heteroatoms. The quantitative estimate of drug-likeness (QED) is 0.650. The molecular formula is C20H26N2O3. The number of carbonyl (C=O) groups excluding carboxylic acids is 1. The molecule has 0 unspecified atom stereocenters. The van der Waals surface area contributed by atoms with Gasteiger partial charge in [-0.15, -0.1) is 0 Å². The second-order valence-corrected chi connectivity index (χ2v) is 5.73.